The van der Waals surface area contributed by atoms with E-state index in [2.05, 4.69) is 10.6 Å². The van der Waals surface area contributed by atoms with Crippen LogP contribution in [0.2, 0.25) is 5.02 Å². The minimum atomic E-state index is -0.200. The first-order chi connectivity index (χ1) is 13.1. The summed E-state index contributed by atoms with van der Waals surface area (Å²) in [4.78, 5) is 14.6. The molecule has 2 aromatic rings. The molecule has 4 nitrogen and oxygen atoms in total. The van der Waals surface area contributed by atoms with Gasteiger partial charge in [0.2, 0.25) is 0 Å². The van der Waals surface area contributed by atoms with Gasteiger partial charge in [0.15, 0.2) is 0 Å². The first-order valence-electron chi connectivity index (χ1n) is 9.40. The third-order valence-corrected chi connectivity index (χ3v) is 5.12. The number of amides is 2. The summed E-state index contributed by atoms with van der Waals surface area (Å²) in [5, 5.41) is 6.98. The second-order valence-electron chi connectivity index (χ2n) is 6.86. The molecule has 0 bridgehead atoms. The summed E-state index contributed by atoms with van der Waals surface area (Å²) >= 11 is 5.89. The second kappa shape index (κ2) is 9.72. The van der Waals surface area contributed by atoms with Gasteiger partial charge in [-0.25, -0.2) is 9.18 Å². The first kappa shape index (κ1) is 19.6. The summed E-state index contributed by atoms with van der Waals surface area (Å²) in [7, 11) is 0. The van der Waals surface area contributed by atoms with Crippen LogP contribution in [0.3, 0.4) is 0 Å². The lowest BCUT2D eigenvalue weighted by molar-refractivity contribution is 0.164. The largest absolute Gasteiger partial charge is 0.322 e. The number of nitrogens with zero attached hydrogens (tertiary/aromatic N) is 1. The number of carbonyl (C=O) groups excluding carboxylic acids is 1. The fourth-order valence-electron chi connectivity index (χ4n) is 3.37. The van der Waals surface area contributed by atoms with Crippen LogP contribution in [0.25, 0.3) is 0 Å². The Morgan fingerprint density at radius 2 is 1.89 bits per heavy atom. The number of unbranched alkanes of at least 4 members (excludes halogenated alkanes) is 1. The molecule has 1 aliphatic rings. The summed E-state index contributed by atoms with van der Waals surface area (Å²) in [6.45, 7) is 2.31. The number of benzene rings is 2. The Labute approximate surface area is 164 Å². The smallest absolute Gasteiger partial charge is 0.319 e. The molecule has 1 saturated heterocycles. The van der Waals surface area contributed by atoms with Crippen LogP contribution in [0.4, 0.5) is 14.9 Å². The fourth-order valence-corrected chi connectivity index (χ4v) is 3.50. The van der Waals surface area contributed by atoms with Gasteiger partial charge < -0.3 is 15.5 Å². The molecular weight excluding hydrogens is 365 g/mol. The maximum Gasteiger partial charge on any atom is 0.322 e. The van der Waals surface area contributed by atoms with Crippen LogP contribution in [-0.4, -0.2) is 36.6 Å². The van der Waals surface area contributed by atoms with Crippen LogP contribution in [0.5, 0.6) is 0 Å². The van der Waals surface area contributed by atoms with E-state index >= 15 is 0 Å². The maximum atomic E-state index is 13.0. The van der Waals surface area contributed by atoms with Gasteiger partial charge in [-0.2, -0.15) is 0 Å². The Morgan fingerprint density at radius 1 is 1.15 bits per heavy atom. The van der Waals surface area contributed by atoms with E-state index in [9.17, 15) is 9.18 Å². The Hall–Kier alpha value is -2.11. The predicted molar refractivity (Wildman–Crippen MR) is 108 cm³/mol. The number of anilines is 1. The molecule has 1 fully saturated rings. The number of aryl methyl sites for hydroxylation is 1. The minimum absolute atomic E-state index is 0.0673. The van der Waals surface area contributed by atoms with E-state index in [0.717, 1.165) is 50.0 Å². The molecule has 144 valence electrons. The molecule has 1 atom stereocenters. The van der Waals surface area contributed by atoms with Crippen LogP contribution >= 0.6 is 11.6 Å². The molecule has 2 N–H and O–H groups in total. The highest BCUT2D eigenvalue weighted by Gasteiger charge is 2.26. The second-order valence-corrected chi connectivity index (χ2v) is 7.30. The van der Waals surface area contributed by atoms with Crippen molar-refractivity contribution in [3.63, 3.8) is 0 Å². The summed E-state index contributed by atoms with van der Waals surface area (Å²) in [5.41, 5.74) is 1.90. The average molecular weight is 390 g/mol. The zero-order chi connectivity index (χ0) is 19.1. The van der Waals surface area contributed by atoms with Gasteiger partial charge in [-0.1, -0.05) is 30.2 Å². The van der Waals surface area contributed by atoms with Gasteiger partial charge in [0, 0.05) is 36.4 Å². The van der Waals surface area contributed by atoms with Gasteiger partial charge in [0.25, 0.3) is 0 Å². The summed E-state index contributed by atoms with van der Waals surface area (Å²) in [6.07, 6.45) is 3.92. The molecule has 2 aromatic carbocycles. The van der Waals surface area contributed by atoms with Crippen molar-refractivity contribution in [3.05, 3.63) is 64.9 Å². The first-order valence-corrected chi connectivity index (χ1v) is 9.78. The van der Waals surface area contributed by atoms with Gasteiger partial charge in [-0.3, -0.25) is 0 Å². The Bertz CT molecular complexity index is 736. The maximum absolute atomic E-state index is 13.0. The molecule has 1 heterocycles. The van der Waals surface area contributed by atoms with Crippen molar-refractivity contribution in [1.82, 2.24) is 10.2 Å². The van der Waals surface area contributed by atoms with Crippen molar-refractivity contribution >= 4 is 23.3 Å². The summed E-state index contributed by atoms with van der Waals surface area (Å²) in [6, 6.07) is 13.9. The van der Waals surface area contributed by atoms with Crippen molar-refractivity contribution in [2.24, 2.45) is 0 Å². The molecule has 0 saturated carbocycles. The molecule has 2 amide bonds. The van der Waals surface area contributed by atoms with Crippen molar-refractivity contribution in [2.75, 3.05) is 25.0 Å². The fraction of sp³-hybridized carbons (Fsp3) is 0.381. The van der Waals surface area contributed by atoms with E-state index in [1.54, 1.807) is 24.3 Å². The SMILES string of the molecule is O=C(Nc1ccc(Cl)cc1)N1CCNCC1CCCCc1ccc(F)cc1. The van der Waals surface area contributed by atoms with Gasteiger partial charge in [0.05, 0.1) is 0 Å². The van der Waals surface area contributed by atoms with Crippen LogP contribution in [0, 0.1) is 5.82 Å². The Balaban J connectivity index is 1.48. The normalized spacial score (nSPS) is 17.0. The monoisotopic (exact) mass is 389 g/mol. The molecular formula is C21H25ClFN3O. The van der Waals surface area contributed by atoms with Gasteiger partial charge in [-0.05, 0) is 61.2 Å². The molecule has 1 aliphatic heterocycles. The highest BCUT2D eigenvalue weighted by Crippen LogP contribution is 2.17. The van der Waals surface area contributed by atoms with E-state index in [1.165, 1.54) is 12.1 Å². The minimum Gasteiger partial charge on any atom is -0.319 e. The molecule has 3 rings (SSSR count). The third kappa shape index (κ3) is 5.94. The van der Waals surface area contributed by atoms with Gasteiger partial charge in [-0.15, -0.1) is 0 Å². The topological polar surface area (TPSA) is 44.4 Å². The van der Waals surface area contributed by atoms with E-state index in [0.29, 0.717) is 11.6 Å². The number of urea groups is 1. The van der Waals surface area contributed by atoms with Crippen LogP contribution in [0.15, 0.2) is 48.5 Å². The van der Waals surface area contributed by atoms with Crippen LogP contribution in [-0.2, 0) is 6.42 Å². The number of halogens is 2. The van der Waals surface area contributed by atoms with E-state index in [1.807, 2.05) is 17.0 Å². The van der Waals surface area contributed by atoms with Gasteiger partial charge in [0.1, 0.15) is 5.82 Å². The number of hydrogen-bond acceptors (Lipinski definition) is 2. The third-order valence-electron chi connectivity index (χ3n) is 4.87. The quantitative estimate of drug-likeness (QED) is 0.703. The summed E-state index contributed by atoms with van der Waals surface area (Å²) in [5.74, 6) is -0.200. The number of hydrogen-bond donors (Lipinski definition) is 2. The van der Waals surface area contributed by atoms with Crippen LogP contribution in [0.1, 0.15) is 24.8 Å². The highest BCUT2D eigenvalue weighted by atomic mass is 35.5. The number of piperazine rings is 1. The average Bonchev–Trinajstić information content (AvgIpc) is 2.69. The van der Waals surface area contributed by atoms with Crippen molar-refractivity contribution in [3.8, 4) is 0 Å². The number of nitrogens with one attached hydrogen (secondary N) is 2. The van der Waals surface area contributed by atoms with Crippen molar-refractivity contribution < 1.29 is 9.18 Å². The molecule has 0 radical (unpaired) electrons. The predicted octanol–water partition coefficient (Wildman–Crippen LogP) is 4.70. The molecule has 0 aliphatic carbocycles. The number of carbonyl (C=O) groups is 1. The standard InChI is InChI=1S/C21H25ClFN3O/c22-17-7-11-19(12-8-17)25-21(27)26-14-13-24-15-20(26)4-2-1-3-16-5-9-18(23)10-6-16/h5-12,20,24H,1-4,13-15H2,(H,25,27). The van der Waals surface area contributed by atoms with E-state index in [4.69, 9.17) is 11.6 Å². The summed E-state index contributed by atoms with van der Waals surface area (Å²) < 4.78 is 13.0. The highest BCUT2D eigenvalue weighted by molar-refractivity contribution is 6.30. The van der Waals surface area contributed by atoms with Crippen molar-refractivity contribution in [1.29, 1.82) is 0 Å². The molecule has 1 unspecified atom stereocenters. The zero-order valence-corrected chi connectivity index (χ0v) is 16.0. The lowest BCUT2D eigenvalue weighted by atomic mass is 10.0. The van der Waals surface area contributed by atoms with Crippen molar-refractivity contribution in [2.45, 2.75) is 31.7 Å². The molecule has 6 heteroatoms. The zero-order valence-electron chi connectivity index (χ0n) is 15.3. The van der Waals surface area contributed by atoms with Gasteiger partial charge >= 0.3 is 6.03 Å². The molecule has 27 heavy (non-hydrogen) atoms. The van der Waals surface area contributed by atoms with Crippen LogP contribution < -0.4 is 10.6 Å². The van der Waals surface area contributed by atoms with E-state index < -0.39 is 0 Å². The Kier molecular flexibility index (Phi) is 7.07. The Morgan fingerprint density at radius 3 is 2.63 bits per heavy atom. The molecule has 0 spiro atoms. The lowest BCUT2D eigenvalue weighted by Gasteiger charge is -2.36. The lowest BCUT2D eigenvalue weighted by Crippen LogP contribution is -2.54. The molecule has 0 aromatic heterocycles. The van der Waals surface area contributed by atoms with E-state index in [-0.39, 0.29) is 17.9 Å². The number of rotatable bonds is 6.